The van der Waals surface area contributed by atoms with Crippen molar-refractivity contribution in [3.05, 3.63) is 70.9 Å². The molecule has 1 aromatic heterocycles. The highest BCUT2D eigenvalue weighted by Crippen LogP contribution is 2.26. The number of carbonyl (C=O) groups excluding carboxylic acids is 1. The number of nitrogens with one attached hydrogen (secondary N) is 1. The Kier molecular flexibility index (Phi) is 4.39. The molecule has 1 N–H and O–H groups in total. The van der Waals surface area contributed by atoms with E-state index in [9.17, 15) is 4.79 Å². The number of rotatable bonds is 5. The van der Waals surface area contributed by atoms with E-state index in [1.165, 1.54) is 17.5 Å². The van der Waals surface area contributed by atoms with E-state index in [0.29, 0.717) is 23.0 Å². The van der Waals surface area contributed by atoms with Gasteiger partial charge in [-0.15, -0.1) is 0 Å². The predicted octanol–water partition coefficient (Wildman–Crippen LogP) is 3.70. The molecule has 0 unspecified atom stereocenters. The highest BCUT2D eigenvalue weighted by molar-refractivity contribution is 6.06. The van der Waals surface area contributed by atoms with Crippen molar-refractivity contribution in [3.63, 3.8) is 0 Å². The quantitative estimate of drug-likeness (QED) is 0.760. The third kappa shape index (κ3) is 3.44. The van der Waals surface area contributed by atoms with Gasteiger partial charge in [0.2, 0.25) is 11.7 Å². The Morgan fingerprint density at radius 2 is 2.04 bits per heavy atom. The molecule has 1 aliphatic rings. The van der Waals surface area contributed by atoms with Crippen LogP contribution in [-0.4, -0.2) is 16.0 Å². The van der Waals surface area contributed by atoms with Gasteiger partial charge in [-0.05, 0) is 54.7 Å². The number of ether oxygens (including phenoxy) is 1. The lowest BCUT2D eigenvalue weighted by Crippen LogP contribution is -2.14. The number of aryl methyl sites for hydroxylation is 3. The van der Waals surface area contributed by atoms with Crippen LogP contribution in [0.1, 0.15) is 39.6 Å². The molecular formula is C20H19N3O3. The van der Waals surface area contributed by atoms with E-state index in [1.807, 2.05) is 18.2 Å². The molecule has 0 saturated carbocycles. The van der Waals surface area contributed by atoms with Crippen LogP contribution in [0.4, 0.5) is 5.69 Å². The molecule has 4 rings (SSSR count). The minimum atomic E-state index is -0.206. The zero-order valence-electron chi connectivity index (χ0n) is 14.5. The summed E-state index contributed by atoms with van der Waals surface area (Å²) in [4.78, 5) is 16.8. The van der Waals surface area contributed by atoms with Gasteiger partial charge in [0.25, 0.3) is 5.91 Å². The molecule has 6 nitrogen and oxygen atoms in total. The molecule has 132 valence electrons. The fraction of sp³-hybridized carbons (Fsp3) is 0.250. The number of nitrogens with zero attached hydrogens (tertiary/aromatic N) is 2. The van der Waals surface area contributed by atoms with Gasteiger partial charge in [0.1, 0.15) is 5.75 Å². The van der Waals surface area contributed by atoms with Crippen LogP contribution in [0.25, 0.3) is 0 Å². The molecule has 0 spiro atoms. The minimum absolute atomic E-state index is 0.139. The first-order valence-electron chi connectivity index (χ1n) is 8.63. The van der Waals surface area contributed by atoms with Crippen LogP contribution in [0, 0.1) is 6.92 Å². The summed E-state index contributed by atoms with van der Waals surface area (Å²) >= 11 is 0. The smallest absolute Gasteiger partial charge is 0.259 e. The fourth-order valence-corrected chi connectivity index (χ4v) is 3.17. The largest absolute Gasteiger partial charge is 0.485 e. The fourth-order valence-electron chi connectivity index (χ4n) is 3.17. The molecule has 0 bridgehead atoms. The summed E-state index contributed by atoms with van der Waals surface area (Å²) < 4.78 is 10.6. The zero-order valence-corrected chi connectivity index (χ0v) is 14.5. The molecule has 1 amide bonds. The summed E-state index contributed by atoms with van der Waals surface area (Å²) in [6.07, 6.45) is 3.37. The van der Waals surface area contributed by atoms with E-state index in [4.69, 9.17) is 9.26 Å². The second kappa shape index (κ2) is 7.00. The van der Waals surface area contributed by atoms with Gasteiger partial charge in [-0.1, -0.05) is 23.4 Å². The van der Waals surface area contributed by atoms with Gasteiger partial charge in [0.15, 0.2) is 6.61 Å². The van der Waals surface area contributed by atoms with Gasteiger partial charge >= 0.3 is 0 Å². The summed E-state index contributed by atoms with van der Waals surface area (Å²) in [6.45, 7) is 1.86. The molecule has 3 aromatic rings. The third-order valence-corrected chi connectivity index (χ3v) is 4.41. The number of aromatic nitrogens is 2. The standard InChI is InChI=1S/C20H19N3O3/c1-13-21-19(23-26-13)12-25-18-8-3-2-7-17(18)20(24)22-16-10-9-14-5-4-6-15(14)11-16/h2-3,7-11H,4-6,12H2,1H3,(H,22,24). The van der Waals surface area contributed by atoms with Gasteiger partial charge in [0, 0.05) is 12.6 Å². The van der Waals surface area contributed by atoms with Crippen LogP contribution < -0.4 is 10.1 Å². The van der Waals surface area contributed by atoms with Crippen LogP contribution in [0.2, 0.25) is 0 Å². The molecule has 0 saturated heterocycles. The lowest BCUT2D eigenvalue weighted by atomic mass is 10.1. The number of para-hydroxylation sites is 1. The van der Waals surface area contributed by atoms with E-state index < -0.39 is 0 Å². The van der Waals surface area contributed by atoms with Crippen molar-refractivity contribution in [3.8, 4) is 5.75 Å². The first kappa shape index (κ1) is 16.3. The summed E-state index contributed by atoms with van der Waals surface area (Å²) in [5.74, 6) is 1.19. The number of benzene rings is 2. The highest BCUT2D eigenvalue weighted by Gasteiger charge is 2.15. The average Bonchev–Trinajstić information content (AvgIpc) is 3.28. The third-order valence-electron chi connectivity index (χ3n) is 4.41. The number of carbonyl (C=O) groups is 1. The van der Waals surface area contributed by atoms with Gasteiger partial charge < -0.3 is 14.6 Å². The zero-order chi connectivity index (χ0) is 17.9. The molecular weight excluding hydrogens is 330 g/mol. The van der Waals surface area contributed by atoms with Crippen LogP contribution in [0.15, 0.2) is 47.0 Å². The Hall–Kier alpha value is -3.15. The van der Waals surface area contributed by atoms with E-state index in [-0.39, 0.29) is 12.5 Å². The number of hydrogen-bond acceptors (Lipinski definition) is 5. The molecule has 0 atom stereocenters. The van der Waals surface area contributed by atoms with Gasteiger partial charge in [0.05, 0.1) is 5.56 Å². The molecule has 1 aliphatic carbocycles. The van der Waals surface area contributed by atoms with E-state index in [0.717, 1.165) is 18.5 Å². The minimum Gasteiger partial charge on any atom is -0.485 e. The topological polar surface area (TPSA) is 77.2 Å². The Labute approximate surface area is 151 Å². The maximum atomic E-state index is 12.7. The van der Waals surface area contributed by atoms with E-state index >= 15 is 0 Å². The summed E-state index contributed by atoms with van der Waals surface area (Å²) in [5.41, 5.74) is 3.97. The molecule has 0 fully saturated rings. The monoisotopic (exact) mass is 349 g/mol. The predicted molar refractivity (Wildman–Crippen MR) is 96.2 cm³/mol. The van der Waals surface area contributed by atoms with Crippen molar-refractivity contribution in [2.75, 3.05) is 5.32 Å². The maximum Gasteiger partial charge on any atom is 0.259 e. The molecule has 0 radical (unpaired) electrons. The average molecular weight is 349 g/mol. The second-order valence-corrected chi connectivity index (χ2v) is 6.31. The lowest BCUT2D eigenvalue weighted by Gasteiger charge is -2.11. The van der Waals surface area contributed by atoms with Crippen LogP contribution in [-0.2, 0) is 19.4 Å². The van der Waals surface area contributed by atoms with E-state index in [1.54, 1.807) is 19.1 Å². The van der Waals surface area contributed by atoms with Crippen molar-refractivity contribution >= 4 is 11.6 Å². The molecule has 26 heavy (non-hydrogen) atoms. The Balaban J connectivity index is 1.49. The van der Waals surface area contributed by atoms with Crippen LogP contribution in [0.3, 0.4) is 0 Å². The van der Waals surface area contributed by atoms with E-state index in [2.05, 4.69) is 27.6 Å². The molecule has 0 aliphatic heterocycles. The lowest BCUT2D eigenvalue weighted by molar-refractivity contribution is 0.102. The van der Waals surface area contributed by atoms with Crippen molar-refractivity contribution in [2.45, 2.75) is 32.8 Å². The molecule has 1 heterocycles. The Morgan fingerprint density at radius 1 is 1.19 bits per heavy atom. The SMILES string of the molecule is Cc1nc(COc2ccccc2C(=O)Nc2ccc3c(c2)CCC3)no1. The number of anilines is 1. The number of amides is 1. The Morgan fingerprint density at radius 3 is 2.88 bits per heavy atom. The van der Waals surface area contributed by atoms with Crippen molar-refractivity contribution in [2.24, 2.45) is 0 Å². The van der Waals surface area contributed by atoms with Crippen molar-refractivity contribution in [1.82, 2.24) is 10.1 Å². The number of fused-ring (bicyclic) bond motifs is 1. The first-order chi connectivity index (χ1) is 12.7. The van der Waals surface area contributed by atoms with Crippen LogP contribution in [0.5, 0.6) is 5.75 Å². The summed E-state index contributed by atoms with van der Waals surface area (Å²) in [5, 5.41) is 6.76. The Bertz CT molecular complexity index is 949. The van der Waals surface area contributed by atoms with Crippen LogP contribution >= 0.6 is 0 Å². The summed E-state index contributed by atoms with van der Waals surface area (Å²) in [6, 6.07) is 13.2. The molecule has 2 aromatic carbocycles. The second-order valence-electron chi connectivity index (χ2n) is 6.31. The van der Waals surface area contributed by atoms with Crippen molar-refractivity contribution in [1.29, 1.82) is 0 Å². The normalized spacial score (nSPS) is 12.7. The maximum absolute atomic E-state index is 12.7. The van der Waals surface area contributed by atoms with Gasteiger partial charge in [-0.3, -0.25) is 4.79 Å². The van der Waals surface area contributed by atoms with Crippen molar-refractivity contribution < 1.29 is 14.1 Å². The molecule has 6 heteroatoms. The number of hydrogen-bond donors (Lipinski definition) is 1. The van der Waals surface area contributed by atoms with Gasteiger partial charge in [-0.25, -0.2) is 0 Å². The van der Waals surface area contributed by atoms with Gasteiger partial charge in [-0.2, -0.15) is 4.98 Å². The summed E-state index contributed by atoms with van der Waals surface area (Å²) in [7, 11) is 0. The highest BCUT2D eigenvalue weighted by atomic mass is 16.5. The first-order valence-corrected chi connectivity index (χ1v) is 8.63.